The number of rotatable bonds is 4. The van der Waals surface area contributed by atoms with Crippen molar-refractivity contribution in [2.45, 2.75) is 0 Å². The molecule has 0 amide bonds. The van der Waals surface area contributed by atoms with Crippen molar-refractivity contribution in [3.8, 4) is 45.1 Å². The van der Waals surface area contributed by atoms with Gasteiger partial charge in [-0.3, -0.25) is 0 Å². The summed E-state index contributed by atoms with van der Waals surface area (Å²) < 4.78 is 5.00. The van der Waals surface area contributed by atoms with E-state index in [2.05, 4.69) is 150 Å². The van der Waals surface area contributed by atoms with Crippen LogP contribution in [0.1, 0.15) is 5.56 Å². The zero-order valence-electron chi connectivity index (χ0n) is 24.8. The molecule has 3 heteroatoms. The molecule has 0 N–H and O–H groups in total. The SMILES string of the molecule is N#Cc1cccc(-c2ccccc2-c2cc(-c3ccc4sc5ccccc5c4c3)cc(-n3c4ccccc4c4ccccc43)c2)c1. The molecule has 0 aliphatic heterocycles. The maximum absolute atomic E-state index is 9.65. The number of para-hydroxylation sites is 2. The molecule has 0 spiro atoms. The average Bonchev–Trinajstić information content (AvgIpc) is 3.67. The van der Waals surface area contributed by atoms with Gasteiger partial charge in [-0.1, -0.05) is 97.1 Å². The van der Waals surface area contributed by atoms with Crippen LogP contribution < -0.4 is 0 Å². The van der Waals surface area contributed by atoms with Crippen LogP contribution in [0.4, 0.5) is 0 Å². The van der Waals surface area contributed by atoms with Crippen LogP contribution in [0.25, 0.3) is 81.0 Å². The Morgan fingerprint density at radius 2 is 1.07 bits per heavy atom. The summed E-state index contributed by atoms with van der Waals surface area (Å²) in [6, 6.07) is 58.6. The smallest absolute Gasteiger partial charge is 0.0991 e. The number of aromatic nitrogens is 1. The van der Waals surface area contributed by atoms with E-state index in [0.29, 0.717) is 5.56 Å². The monoisotopic (exact) mass is 602 g/mol. The van der Waals surface area contributed by atoms with Crippen LogP contribution in [0.3, 0.4) is 0 Å². The summed E-state index contributed by atoms with van der Waals surface area (Å²) in [5.74, 6) is 0. The zero-order valence-corrected chi connectivity index (χ0v) is 25.6. The molecule has 0 aliphatic rings. The third-order valence-corrected chi connectivity index (χ3v) is 10.2. The summed E-state index contributed by atoms with van der Waals surface area (Å²) in [6.07, 6.45) is 0. The number of fused-ring (bicyclic) bond motifs is 6. The van der Waals surface area contributed by atoms with Crippen LogP contribution in [0.2, 0.25) is 0 Å². The highest BCUT2D eigenvalue weighted by atomic mass is 32.1. The lowest BCUT2D eigenvalue weighted by Crippen LogP contribution is -1.96. The van der Waals surface area contributed by atoms with Gasteiger partial charge in [-0.25, -0.2) is 0 Å². The second kappa shape index (κ2) is 10.6. The summed E-state index contributed by atoms with van der Waals surface area (Å²) in [6.45, 7) is 0. The Labute approximate surface area is 270 Å². The van der Waals surface area contributed by atoms with Gasteiger partial charge in [0.2, 0.25) is 0 Å². The van der Waals surface area contributed by atoms with E-state index in [1.165, 1.54) is 47.5 Å². The molecule has 0 radical (unpaired) electrons. The molecule has 0 fully saturated rings. The molecular weight excluding hydrogens is 577 g/mol. The maximum atomic E-state index is 9.65. The van der Waals surface area contributed by atoms with Crippen LogP contribution in [0.5, 0.6) is 0 Å². The lowest BCUT2D eigenvalue weighted by Gasteiger charge is -2.16. The molecule has 2 heterocycles. The Balaban J connectivity index is 1.34. The van der Waals surface area contributed by atoms with Crippen molar-refractivity contribution < 1.29 is 0 Å². The fourth-order valence-electron chi connectivity index (χ4n) is 6.91. The zero-order chi connectivity index (χ0) is 30.6. The fourth-order valence-corrected chi connectivity index (χ4v) is 8.00. The molecule has 2 aromatic heterocycles. The summed E-state index contributed by atoms with van der Waals surface area (Å²) in [7, 11) is 0. The third-order valence-electron chi connectivity index (χ3n) is 9.01. The average molecular weight is 603 g/mol. The number of nitrogens with zero attached hydrogens (tertiary/aromatic N) is 2. The predicted octanol–water partition coefficient (Wildman–Crippen LogP) is 12.0. The van der Waals surface area contributed by atoms with E-state index < -0.39 is 0 Å². The summed E-state index contributed by atoms with van der Waals surface area (Å²) >= 11 is 1.85. The van der Waals surface area contributed by atoms with Crippen LogP contribution >= 0.6 is 11.3 Å². The first-order chi connectivity index (χ1) is 22.7. The van der Waals surface area contributed by atoms with E-state index >= 15 is 0 Å². The van der Waals surface area contributed by atoms with E-state index in [0.717, 1.165) is 33.5 Å². The predicted molar refractivity (Wildman–Crippen MR) is 195 cm³/mol. The van der Waals surface area contributed by atoms with Crippen molar-refractivity contribution in [3.05, 3.63) is 163 Å². The first-order valence-electron chi connectivity index (χ1n) is 15.4. The van der Waals surface area contributed by atoms with E-state index in [1.807, 2.05) is 29.5 Å². The Morgan fingerprint density at radius 1 is 0.435 bits per heavy atom. The largest absolute Gasteiger partial charge is 0.309 e. The van der Waals surface area contributed by atoms with Gasteiger partial charge in [0.05, 0.1) is 22.7 Å². The molecule has 0 bridgehead atoms. The van der Waals surface area contributed by atoms with Crippen molar-refractivity contribution in [1.82, 2.24) is 4.57 Å². The van der Waals surface area contributed by atoms with Crippen molar-refractivity contribution in [2.24, 2.45) is 0 Å². The summed E-state index contributed by atoms with van der Waals surface area (Å²) in [5, 5.41) is 14.7. The highest BCUT2D eigenvalue weighted by Gasteiger charge is 2.16. The molecule has 9 aromatic rings. The van der Waals surface area contributed by atoms with Gasteiger partial charge in [0, 0.05) is 36.6 Å². The summed E-state index contributed by atoms with van der Waals surface area (Å²) in [5.41, 5.74) is 10.9. The highest BCUT2D eigenvalue weighted by Crippen LogP contribution is 2.41. The van der Waals surface area contributed by atoms with E-state index in [1.54, 1.807) is 0 Å². The van der Waals surface area contributed by atoms with Crippen molar-refractivity contribution in [2.75, 3.05) is 0 Å². The molecule has 2 nitrogen and oxygen atoms in total. The Morgan fingerprint density at radius 3 is 1.83 bits per heavy atom. The lowest BCUT2D eigenvalue weighted by atomic mass is 9.91. The topological polar surface area (TPSA) is 28.7 Å². The van der Waals surface area contributed by atoms with Gasteiger partial charge in [0.15, 0.2) is 0 Å². The Hall–Kier alpha value is -5.95. The van der Waals surface area contributed by atoms with Gasteiger partial charge < -0.3 is 4.57 Å². The van der Waals surface area contributed by atoms with Gasteiger partial charge in [-0.2, -0.15) is 5.26 Å². The minimum Gasteiger partial charge on any atom is -0.309 e. The molecule has 0 saturated heterocycles. The second-order valence-electron chi connectivity index (χ2n) is 11.7. The van der Waals surface area contributed by atoms with Gasteiger partial charge in [-0.15, -0.1) is 11.3 Å². The summed E-state index contributed by atoms with van der Waals surface area (Å²) in [4.78, 5) is 0. The molecule has 7 aromatic carbocycles. The number of benzene rings is 7. The second-order valence-corrected chi connectivity index (χ2v) is 12.8. The van der Waals surface area contributed by atoms with Crippen LogP contribution in [-0.4, -0.2) is 4.57 Å². The van der Waals surface area contributed by atoms with Crippen molar-refractivity contribution >= 4 is 53.3 Å². The Kier molecular flexibility index (Phi) is 6.09. The molecule has 214 valence electrons. The molecule has 0 aliphatic carbocycles. The molecule has 0 saturated carbocycles. The normalized spacial score (nSPS) is 11.5. The van der Waals surface area contributed by atoms with Crippen molar-refractivity contribution in [1.29, 1.82) is 5.26 Å². The van der Waals surface area contributed by atoms with E-state index in [4.69, 9.17) is 0 Å². The van der Waals surface area contributed by atoms with Crippen molar-refractivity contribution in [3.63, 3.8) is 0 Å². The minimum atomic E-state index is 0.656. The Bertz CT molecular complexity index is 2610. The molecule has 9 rings (SSSR count). The van der Waals surface area contributed by atoms with Crippen LogP contribution in [-0.2, 0) is 0 Å². The number of hydrogen-bond donors (Lipinski definition) is 0. The van der Waals surface area contributed by atoms with Gasteiger partial charge in [-0.05, 0) is 94.0 Å². The lowest BCUT2D eigenvalue weighted by molar-refractivity contribution is 1.18. The first-order valence-corrected chi connectivity index (χ1v) is 16.2. The molecule has 46 heavy (non-hydrogen) atoms. The molecular formula is C43H26N2S. The number of thiophene rings is 1. The minimum absolute atomic E-state index is 0.656. The van der Waals surface area contributed by atoms with Crippen LogP contribution in [0.15, 0.2) is 158 Å². The van der Waals surface area contributed by atoms with E-state index in [-0.39, 0.29) is 0 Å². The maximum Gasteiger partial charge on any atom is 0.0991 e. The fraction of sp³-hybridized carbons (Fsp3) is 0. The van der Waals surface area contributed by atoms with Gasteiger partial charge in [0.25, 0.3) is 0 Å². The number of hydrogen-bond acceptors (Lipinski definition) is 2. The third kappa shape index (κ3) is 4.24. The van der Waals surface area contributed by atoms with Crippen LogP contribution in [0, 0.1) is 11.3 Å². The molecule has 0 unspecified atom stereocenters. The first kappa shape index (κ1) is 26.5. The standard InChI is InChI=1S/C43H26N2S/c44-27-28-10-9-11-30(22-28)34-12-1-2-13-35(34)32-23-31(29-20-21-43-39(26-29)38-16-5-8-19-42(38)46-43)24-33(25-32)45-40-17-6-3-14-36(40)37-15-4-7-18-41(37)45/h1-26H. The van der Waals surface area contributed by atoms with Gasteiger partial charge in [0.1, 0.15) is 0 Å². The van der Waals surface area contributed by atoms with E-state index in [9.17, 15) is 5.26 Å². The highest BCUT2D eigenvalue weighted by molar-refractivity contribution is 7.25. The van der Waals surface area contributed by atoms with Gasteiger partial charge >= 0.3 is 0 Å². The number of nitriles is 1. The molecule has 0 atom stereocenters. The quantitative estimate of drug-likeness (QED) is 0.197.